The molecular weight excluding hydrogens is 260 g/mol. The van der Waals surface area contributed by atoms with Gasteiger partial charge in [0.15, 0.2) is 11.3 Å². The minimum Gasteiger partial charge on any atom is -0.457 e. The molecule has 8 heteroatoms. The first-order valence-electron chi connectivity index (χ1n) is 5.60. The van der Waals surface area contributed by atoms with Gasteiger partial charge in [0.2, 0.25) is 0 Å². The Morgan fingerprint density at radius 1 is 1.67 bits per heavy atom. The zero-order valence-electron chi connectivity index (χ0n) is 10.1. The lowest BCUT2D eigenvalue weighted by Crippen LogP contribution is -2.57. The normalized spacial score (nSPS) is 38.9. The van der Waals surface area contributed by atoms with E-state index in [1.165, 1.54) is 18.7 Å². The molecule has 1 saturated heterocycles. The van der Waals surface area contributed by atoms with Crippen LogP contribution in [0.2, 0.25) is 0 Å². The molecule has 7 nitrogen and oxygen atoms in total. The monoisotopic (exact) mass is 276 g/mol. The van der Waals surface area contributed by atoms with Gasteiger partial charge in [-0.2, -0.15) is 0 Å². The molecule has 2 aliphatic rings. The zero-order chi connectivity index (χ0) is 13.3. The number of aliphatic imine (C=N–C) groups is 1. The van der Waals surface area contributed by atoms with Crippen molar-refractivity contribution in [2.45, 2.75) is 36.7 Å². The average Bonchev–Trinajstić information content (AvgIpc) is 2.75. The second-order valence-corrected chi connectivity index (χ2v) is 5.17. The Morgan fingerprint density at radius 2 is 2.39 bits per heavy atom. The summed E-state index contributed by atoms with van der Waals surface area (Å²) in [5.74, 6) is -0.491. The Hall–Kier alpha value is -0.830. The number of rotatable bonds is 2. The van der Waals surface area contributed by atoms with Gasteiger partial charge in [-0.3, -0.25) is 9.79 Å². The maximum Gasteiger partial charge on any atom is 0.303 e. The molecule has 2 aliphatic heterocycles. The number of amidine groups is 1. The summed E-state index contributed by atoms with van der Waals surface area (Å²) >= 11 is 1.35. The number of carbonyl (C=O) groups is 1. The van der Waals surface area contributed by atoms with E-state index in [4.69, 9.17) is 14.6 Å². The minimum atomic E-state index is -1.08. The van der Waals surface area contributed by atoms with Gasteiger partial charge < -0.3 is 25.0 Å². The van der Waals surface area contributed by atoms with Crippen molar-refractivity contribution < 1.29 is 24.5 Å². The van der Waals surface area contributed by atoms with E-state index in [0.717, 1.165) is 0 Å². The molecule has 2 heterocycles. The van der Waals surface area contributed by atoms with Crippen molar-refractivity contribution in [3.8, 4) is 0 Å². The van der Waals surface area contributed by atoms with Crippen LogP contribution < -0.4 is 5.32 Å². The van der Waals surface area contributed by atoms with Crippen LogP contribution in [-0.4, -0.2) is 64.8 Å². The van der Waals surface area contributed by atoms with Crippen LogP contribution in [0.25, 0.3) is 0 Å². The number of nitrogens with zero attached hydrogens (tertiary/aromatic N) is 1. The summed E-state index contributed by atoms with van der Waals surface area (Å²) in [7, 11) is 1.73. The fourth-order valence-corrected chi connectivity index (χ4v) is 3.09. The molecule has 3 N–H and O–H groups in total. The van der Waals surface area contributed by atoms with Gasteiger partial charge in [0.1, 0.15) is 23.7 Å². The van der Waals surface area contributed by atoms with E-state index in [0.29, 0.717) is 5.17 Å². The van der Waals surface area contributed by atoms with Crippen LogP contribution in [0.15, 0.2) is 4.99 Å². The number of hydrogen-bond donors (Lipinski definition) is 3. The maximum absolute atomic E-state index is 11.1. The summed E-state index contributed by atoms with van der Waals surface area (Å²) in [5, 5.41) is 22.7. The number of aliphatic hydroxyl groups excluding tert-OH is 2. The van der Waals surface area contributed by atoms with Crippen molar-refractivity contribution in [3.05, 3.63) is 0 Å². The highest BCUT2D eigenvalue weighted by atomic mass is 32.2. The van der Waals surface area contributed by atoms with Crippen molar-refractivity contribution in [2.24, 2.45) is 4.99 Å². The van der Waals surface area contributed by atoms with E-state index in [1.807, 2.05) is 0 Å². The van der Waals surface area contributed by atoms with Crippen LogP contribution >= 0.6 is 11.8 Å². The molecule has 0 radical (unpaired) electrons. The summed E-state index contributed by atoms with van der Waals surface area (Å²) in [4.78, 5) is 15.4. The molecule has 0 unspecified atom stereocenters. The molecule has 0 aromatic heterocycles. The van der Waals surface area contributed by atoms with Gasteiger partial charge in [0.05, 0.1) is 6.61 Å². The average molecular weight is 276 g/mol. The highest BCUT2D eigenvalue weighted by molar-refractivity contribution is 8.14. The summed E-state index contributed by atoms with van der Waals surface area (Å²) < 4.78 is 10.6. The van der Waals surface area contributed by atoms with Gasteiger partial charge in [0.25, 0.3) is 0 Å². The number of carbonyl (C=O) groups excluding carboxylic acids is 1. The summed E-state index contributed by atoms with van der Waals surface area (Å²) in [5.41, 5.74) is -0.364. The predicted octanol–water partition coefficient (Wildman–Crippen LogP) is -1.31. The Kier molecular flexibility index (Phi) is 4.10. The number of esters is 1. The number of thioether (sulfide) groups is 1. The van der Waals surface area contributed by atoms with Gasteiger partial charge in [-0.05, 0) is 0 Å². The van der Waals surface area contributed by atoms with Gasteiger partial charge >= 0.3 is 5.97 Å². The maximum atomic E-state index is 11.1. The molecule has 2 rings (SSSR count). The van der Waals surface area contributed by atoms with Crippen molar-refractivity contribution in [1.29, 1.82) is 0 Å². The number of hydrogen-bond acceptors (Lipinski definition) is 8. The fourth-order valence-electron chi connectivity index (χ4n) is 2.01. The lowest BCUT2D eigenvalue weighted by molar-refractivity contribution is -0.189. The van der Waals surface area contributed by atoms with E-state index < -0.39 is 30.3 Å². The smallest absolute Gasteiger partial charge is 0.303 e. The van der Waals surface area contributed by atoms with E-state index in [9.17, 15) is 9.90 Å². The summed E-state index contributed by atoms with van der Waals surface area (Å²) in [6.45, 7) is 0.938. The standard InChI is InChI=1S/C10H16N2O5S/c1-4(14)16-8-6-9(18-10(11-2)12-6)17-5(3-13)7(8)15/h5-9,13,15H,3H2,1-2H3,(H,11,12)/t5-,6-,7-,8-,9-/m1/s1. The third-order valence-corrected chi connectivity index (χ3v) is 3.99. The van der Waals surface area contributed by atoms with Gasteiger partial charge in [-0.1, -0.05) is 11.8 Å². The molecule has 5 atom stereocenters. The highest BCUT2D eigenvalue weighted by Gasteiger charge is 2.50. The molecule has 0 aromatic rings. The van der Waals surface area contributed by atoms with E-state index >= 15 is 0 Å². The van der Waals surface area contributed by atoms with E-state index in [2.05, 4.69) is 10.3 Å². The van der Waals surface area contributed by atoms with Crippen LogP contribution in [0.4, 0.5) is 0 Å². The first kappa shape index (κ1) is 13.6. The Bertz CT molecular complexity index is 364. The Balaban J connectivity index is 2.20. The van der Waals surface area contributed by atoms with Crippen molar-refractivity contribution in [3.63, 3.8) is 0 Å². The Morgan fingerprint density at radius 3 is 2.94 bits per heavy atom. The minimum absolute atomic E-state index is 0.336. The predicted molar refractivity (Wildman–Crippen MR) is 65.2 cm³/mol. The number of ether oxygens (including phenoxy) is 2. The second-order valence-electron chi connectivity index (χ2n) is 4.08. The molecule has 0 amide bonds. The molecule has 18 heavy (non-hydrogen) atoms. The zero-order valence-corrected chi connectivity index (χ0v) is 10.9. The quantitative estimate of drug-likeness (QED) is 0.538. The molecule has 0 spiro atoms. The van der Waals surface area contributed by atoms with Gasteiger partial charge in [-0.25, -0.2) is 0 Å². The molecule has 1 fully saturated rings. The van der Waals surface area contributed by atoms with Crippen LogP contribution in [0.3, 0.4) is 0 Å². The van der Waals surface area contributed by atoms with Gasteiger partial charge in [0, 0.05) is 14.0 Å². The molecule has 0 aliphatic carbocycles. The number of aliphatic hydroxyl groups is 2. The van der Waals surface area contributed by atoms with Crippen LogP contribution in [0, 0.1) is 0 Å². The van der Waals surface area contributed by atoms with E-state index in [1.54, 1.807) is 7.05 Å². The molecule has 0 bridgehead atoms. The largest absolute Gasteiger partial charge is 0.457 e. The first-order chi connectivity index (χ1) is 8.56. The lowest BCUT2D eigenvalue weighted by atomic mass is 9.98. The molecule has 0 aromatic carbocycles. The second kappa shape index (κ2) is 5.43. The first-order valence-corrected chi connectivity index (χ1v) is 6.48. The molecule has 0 saturated carbocycles. The number of fused-ring (bicyclic) bond motifs is 1. The third-order valence-electron chi connectivity index (χ3n) is 2.83. The van der Waals surface area contributed by atoms with Crippen molar-refractivity contribution in [1.82, 2.24) is 5.32 Å². The van der Waals surface area contributed by atoms with Crippen LogP contribution in [-0.2, 0) is 14.3 Å². The summed E-state index contributed by atoms with van der Waals surface area (Å²) in [6.07, 6.45) is -2.65. The third kappa shape index (κ3) is 2.46. The van der Waals surface area contributed by atoms with Crippen molar-refractivity contribution >= 4 is 22.9 Å². The fraction of sp³-hybridized carbons (Fsp3) is 0.800. The number of nitrogens with one attached hydrogen (secondary N) is 1. The Labute approximate surface area is 109 Å². The summed E-state index contributed by atoms with van der Waals surface area (Å²) in [6, 6.07) is -0.459. The highest BCUT2D eigenvalue weighted by Crippen LogP contribution is 2.36. The molecule has 102 valence electrons. The SMILES string of the molecule is CNC1=N[C@@H]2[C@@H](OC(C)=O)[C@H](O)[C@@H](CO)O[C@@H]2S1. The van der Waals surface area contributed by atoms with E-state index in [-0.39, 0.29) is 12.0 Å². The lowest BCUT2D eigenvalue weighted by Gasteiger charge is -2.39. The van der Waals surface area contributed by atoms with Crippen LogP contribution in [0.1, 0.15) is 6.92 Å². The van der Waals surface area contributed by atoms with Gasteiger partial charge in [-0.15, -0.1) is 0 Å². The molecular formula is C10H16N2O5S. The topological polar surface area (TPSA) is 100 Å². The van der Waals surface area contributed by atoms with Crippen LogP contribution in [0.5, 0.6) is 0 Å². The van der Waals surface area contributed by atoms with Crippen molar-refractivity contribution in [2.75, 3.05) is 13.7 Å².